The molecule has 0 unspecified atom stereocenters. The molecular formula is C18H15N3O3S. The summed E-state index contributed by atoms with van der Waals surface area (Å²) in [5.74, 6) is -0.330. The lowest BCUT2D eigenvalue weighted by Crippen LogP contribution is -2.25. The Hall–Kier alpha value is -3.06. The second kappa shape index (κ2) is 7.67. The van der Waals surface area contributed by atoms with Crippen LogP contribution < -0.4 is 5.32 Å². The molecule has 126 valence electrons. The van der Waals surface area contributed by atoms with E-state index in [4.69, 9.17) is 0 Å². The van der Waals surface area contributed by atoms with Crippen LogP contribution in [0.2, 0.25) is 0 Å². The van der Waals surface area contributed by atoms with Crippen molar-refractivity contribution in [2.75, 3.05) is 6.54 Å². The van der Waals surface area contributed by atoms with Crippen molar-refractivity contribution in [2.24, 2.45) is 0 Å². The van der Waals surface area contributed by atoms with Crippen molar-refractivity contribution in [1.29, 1.82) is 0 Å². The fourth-order valence-electron chi connectivity index (χ4n) is 2.31. The molecule has 0 aliphatic rings. The molecule has 2 aromatic carbocycles. The number of rotatable bonds is 6. The van der Waals surface area contributed by atoms with Gasteiger partial charge in [0.1, 0.15) is 0 Å². The molecule has 0 spiro atoms. The quantitative estimate of drug-likeness (QED) is 0.541. The summed E-state index contributed by atoms with van der Waals surface area (Å²) in [4.78, 5) is 26.9. The first-order valence-corrected chi connectivity index (χ1v) is 8.54. The molecule has 6 nitrogen and oxygen atoms in total. The van der Waals surface area contributed by atoms with Crippen molar-refractivity contribution in [1.82, 2.24) is 10.3 Å². The summed E-state index contributed by atoms with van der Waals surface area (Å²) in [5.41, 5.74) is 2.16. The Bertz CT molecular complexity index is 893. The molecule has 0 radical (unpaired) electrons. The van der Waals surface area contributed by atoms with Crippen LogP contribution in [-0.2, 0) is 6.42 Å². The van der Waals surface area contributed by atoms with E-state index in [0.29, 0.717) is 13.0 Å². The van der Waals surface area contributed by atoms with Crippen LogP contribution in [0, 0.1) is 10.1 Å². The Morgan fingerprint density at radius 3 is 2.72 bits per heavy atom. The molecule has 0 aliphatic carbocycles. The van der Waals surface area contributed by atoms with E-state index in [2.05, 4.69) is 10.3 Å². The Balaban J connectivity index is 1.56. The molecular weight excluding hydrogens is 338 g/mol. The molecule has 3 rings (SSSR count). The maximum atomic E-state index is 12.1. The van der Waals surface area contributed by atoms with Gasteiger partial charge in [-0.05, 0) is 6.07 Å². The summed E-state index contributed by atoms with van der Waals surface area (Å²) < 4.78 is 0. The summed E-state index contributed by atoms with van der Waals surface area (Å²) in [6.07, 6.45) is 0.609. The van der Waals surface area contributed by atoms with Crippen LogP contribution >= 0.6 is 11.3 Å². The lowest BCUT2D eigenvalue weighted by Gasteiger charge is -2.04. The highest BCUT2D eigenvalue weighted by atomic mass is 32.1. The zero-order chi connectivity index (χ0) is 17.6. The summed E-state index contributed by atoms with van der Waals surface area (Å²) in [6, 6.07) is 15.6. The summed E-state index contributed by atoms with van der Waals surface area (Å²) >= 11 is 1.55. The van der Waals surface area contributed by atoms with E-state index >= 15 is 0 Å². The molecule has 7 heteroatoms. The molecule has 3 aromatic rings. The lowest BCUT2D eigenvalue weighted by atomic mass is 10.2. The number of carbonyl (C=O) groups is 1. The molecule has 0 saturated carbocycles. The topological polar surface area (TPSA) is 85.1 Å². The Kier molecular flexibility index (Phi) is 5.15. The van der Waals surface area contributed by atoms with E-state index in [9.17, 15) is 14.9 Å². The highest BCUT2D eigenvalue weighted by Crippen LogP contribution is 2.21. The fraction of sp³-hybridized carbons (Fsp3) is 0.111. The van der Waals surface area contributed by atoms with Gasteiger partial charge in [0, 0.05) is 41.6 Å². The number of benzene rings is 2. The van der Waals surface area contributed by atoms with E-state index in [1.165, 1.54) is 18.2 Å². The van der Waals surface area contributed by atoms with E-state index in [0.717, 1.165) is 16.3 Å². The molecule has 1 N–H and O–H groups in total. The van der Waals surface area contributed by atoms with Gasteiger partial charge in [0.2, 0.25) is 0 Å². The minimum atomic E-state index is -0.516. The fourth-order valence-corrected chi connectivity index (χ4v) is 3.12. The summed E-state index contributed by atoms with van der Waals surface area (Å²) in [6.45, 7) is 0.420. The Morgan fingerprint density at radius 1 is 1.16 bits per heavy atom. The number of amides is 1. The minimum Gasteiger partial charge on any atom is -0.352 e. The molecule has 0 aliphatic heterocycles. The molecule has 1 heterocycles. The van der Waals surface area contributed by atoms with Gasteiger partial charge in [-0.2, -0.15) is 0 Å². The second-order valence-corrected chi connectivity index (χ2v) is 6.25. The molecule has 0 saturated heterocycles. The normalized spacial score (nSPS) is 10.4. The number of thiazole rings is 1. The van der Waals surface area contributed by atoms with Crippen molar-refractivity contribution >= 4 is 22.9 Å². The SMILES string of the molecule is O=C(NCCc1nc(-c2ccccc2)cs1)c1cccc([N+](=O)[O-])c1. The van der Waals surface area contributed by atoms with Crippen molar-refractivity contribution in [3.8, 4) is 11.3 Å². The molecule has 25 heavy (non-hydrogen) atoms. The maximum absolute atomic E-state index is 12.1. The van der Waals surface area contributed by atoms with Gasteiger partial charge < -0.3 is 5.32 Å². The van der Waals surface area contributed by atoms with Crippen LogP contribution in [0.15, 0.2) is 60.0 Å². The predicted octanol–water partition coefficient (Wildman–Crippen LogP) is 3.69. The average molecular weight is 353 g/mol. The highest BCUT2D eigenvalue weighted by Gasteiger charge is 2.11. The minimum absolute atomic E-state index is 0.0972. The first-order chi connectivity index (χ1) is 12.1. The van der Waals surface area contributed by atoms with Crippen LogP contribution in [0.25, 0.3) is 11.3 Å². The molecule has 1 amide bonds. The van der Waals surface area contributed by atoms with Crippen molar-refractivity contribution in [3.05, 3.63) is 80.7 Å². The van der Waals surface area contributed by atoms with Crippen LogP contribution in [-0.4, -0.2) is 22.4 Å². The van der Waals surface area contributed by atoms with E-state index in [-0.39, 0.29) is 17.2 Å². The van der Waals surface area contributed by atoms with E-state index < -0.39 is 4.92 Å². The zero-order valence-corrected chi connectivity index (χ0v) is 14.0. The molecule has 0 atom stereocenters. The van der Waals surface area contributed by atoms with E-state index in [1.54, 1.807) is 17.4 Å². The Labute approximate surface area is 148 Å². The van der Waals surface area contributed by atoms with Gasteiger partial charge in [-0.15, -0.1) is 11.3 Å². The first-order valence-electron chi connectivity index (χ1n) is 7.66. The van der Waals surface area contributed by atoms with Crippen molar-refractivity contribution in [2.45, 2.75) is 6.42 Å². The monoisotopic (exact) mass is 353 g/mol. The van der Waals surface area contributed by atoms with Gasteiger partial charge in [0.15, 0.2) is 0 Å². The number of nitro benzene ring substituents is 1. The molecule has 1 aromatic heterocycles. The third-order valence-electron chi connectivity index (χ3n) is 3.56. The third kappa shape index (κ3) is 4.27. The third-order valence-corrected chi connectivity index (χ3v) is 4.47. The standard InChI is InChI=1S/C18H15N3O3S/c22-18(14-7-4-8-15(11-14)21(23)24)19-10-9-17-20-16(12-25-17)13-5-2-1-3-6-13/h1-8,11-12H,9-10H2,(H,19,22). The summed E-state index contributed by atoms with van der Waals surface area (Å²) in [7, 11) is 0. The lowest BCUT2D eigenvalue weighted by molar-refractivity contribution is -0.384. The van der Waals surface area contributed by atoms with Crippen LogP contribution in [0.4, 0.5) is 5.69 Å². The predicted molar refractivity (Wildman–Crippen MR) is 96.7 cm³/mol. The highest BCUT2D eigenvalue weighted by molar-refractivity contribution is 7.09. The van der Waals surface area contributed by atoms with Crippen LogP contribution in [0.5, 0.6) is 0 Å². The number of carbonyl (C=O) groups excluding carboxylic acids is 1. The number of hydrogen-bond donors (Lipinski definition) is 1. The second-order valence-electron chi connectivity index (χ2n) is 5.31. The maximum Gasteiger partial charge on any atom is 0.270 e. The van der Waals surface area contributed by atoms with E-state index in [1.807, 2.05) is 35.7 Å². The number of non-ortho nitro benzene ring substituents is 1. The molecule has 0 bridgehead atoms. The van der Waals surface area contributed by atoms with Crippen molar-refractivity contribution in [3.63, 3.8) is 0 Å². The van der Waals surface area contributed by atoms with Gasteiger partial charge in [0.25, 0.3) is 11.6 Å². The average Bonchev–Trinajstić information content (AvgIpc) is 3.11. The number of nitrogens with one attached hydrogen (secondary N) is 1. The number of hydrogen-bond acceptors (Lipinski definition) is 5. The smallest absolute Gasteiger partial charge is 0.270 e. The first kappa shape index (κ1) is 16.8. The van der Waals surface area contributed by atoms with Crippen molar-refractivity contribution < 1.29 is 9.72 Å². The number of nitro groups is 1. The summed E-state index contributed by atoms with van der Waals surface area (Å²) in [5, 5.41) is 16.5. The van der Waals surface area contributed by atoms with Crippen LogP contribution in [0.3, 0.4) is 0 Å². The zero-order valence-electron chi connectivity index (χ0n) is 13.2. The number of aromatic nitrogens is 1. The van der Waals surface area contributed by atoms with Gasteiger partial charge in [0.05, 0.1) is 15.6 Å². The largest absolute Gasteiger partial charge is 0.352 e. The number of nitrogens with zero attached hydrogens (tertiary/aromatic N) is 2. The van der Waals surface area contributed by atoms with Gasteiger partial charge in [-0.3, -0.25) is 14.9 Å². The Morgan fingerprint density at radius 2 is 1.96 bits per heavy atom. The van der Waals surface area contributed by atoms with Gasteiger partial charge in [-0.1, -0.05) is 36.4 Å². The van der Waals surface area contributed by atoms with Gasteiger partial charge in [-0.25, -0.2) is 4.98 Å². The van der Waals surface area contributed by atoms with Gasteiger partial charge >= 0.3 is 0 Å². The molecule has 0 fully saturated rings. The van der Waals surface area contributed by atoms with Crippen LogP contribution in [0.1, 0.15) is 15.4 Å².